The first kappa shape index (κ1) is 25.8. The van der Waals surface area contributed by atoms with Gasteiger partial charge in [-0.15, -0.1) is 0 Å². The van der Waals surface area contributed by atoms with Crippen molar-refractivity contribution in [3.63, 3.8) is 0 Å². The van der Waals surface area contributed by atoms with Gasteiger partial charge >= 0.3 is 59.1 Å². The Bertz CT molecular complexity index is 435. The Balaban J connectivity index is -0.00000144. The molecule has 0 heterocycles. The summed E-state index contributed by atoms with van der Waals surface area (Å²) in [5.74, 6) is -5.23. The minimum Gasteiger partial charge on any atom is -0.550 e. The van der Waals surface area contributed by atoms with E-state index in [1.54, 1.807) is 13.8 Å². The van der Waals surface area contributed by atoms with Gasteiger partial charge in [0.1, 0.15) is 4.75 Å². The number of rotatable bonds is 7. The normalized spacial score (nSPS) is 15.4. The summed E-state index contributed by atoms with van der Waals surface area (Å²) >= 11 is 0. The molecule has 106 valence electrons. The fourth-order valence-corrected chi connectivity index (χ4v) is 3.13. The van der Waals surface area contributed by atoms with Gasteiger partial charge in [0.15, 0.2) is 0 Å². The van der Waals surface area contributed by atoms with E-state index >= 15 is 0 Å². The van der Waals surface area contributed by atoms with Gasteiger partial charge in [0, 0.05) is 12.4 Å². The van der Waals surface area contributed by atoms with E-state index in [9.17, 15) is 28.2 Å². The third-order valence-electron chi connectivity index (χ3n) is 2.83. The van der Waals surface area contributed by atoms with Crippen LogP contribution in [0.5, 0.6) is 0 Å². The van der Waals surface area contributed by atoms with Crippen molar-refractivity contribution in [2.75, 3.05) is 0 Å². The molecule has 0 aliphatic heterocycles. The predicted octanol–water partition coefficient (Wildman–Crippen LogP) is -7.81. The summed E-state index contributed by atoms with van der Waals surface area (Å²) in [6.45, 7) is 4.66. The Labute approximate surface area is 162 Å². The minimum atomic E-state index is -5.15. The molecule has 0 aromatic rings. The maximum atomic E-state index is 11.3. The molecule has 0 amide bonds. The van der Waals surface area contributed by atoms with Gasteiger partial charge in [-0.2, -0.15) is 8.42 Å². The Hall–Kier alpha value is 0.850. The molecular weight excluding hydrogens is 310 g/mol. The van der Waals surface area contributed by atoms with Crippen LogP contribution in [0.25, 0.3) is 0 Å². The molecule has 0 aliphatic rings. The first-order chi connectivity index (χ1) is 7.95. The second-order valence-electron chi connectivity index (χ2n) is 4.73. The quantitative estimate of drug-likeness (QED) is 0.362. The summed E-state index contributed by atoms with van der Waals surface area (Å²) in [7, 11) is -5.15. The van der Waals surface area contributed by atoms with Crippen molar-refractivity contribution in [1.29, 1.82) is 0 Å². The van der Waals surface area contributed by atoms with Crippen LogP contribution < -0.4 is 69.3 Å². The smallest absolute Gasteiger partial charge is 0.550 e. The van der Waals surface area contributed by atoms with Crippen LogP contribution in [-0.4, -0.2) is 29.7 Å². The van der Waals surface area contributed by atoms with Crippen LogP contribution in [0.3, 0.4) is 0 Å². The van der Waals surface area contributed by atoms with E-state index in [2.05, 4.69) is 0 Å². The second kappa shape index (κ2) is 9.78. The first-order valence-corrected chi connectivity index (χ1v) is 6.77. The minimum absolute atomic E-state index is 0. The Morgan fingerprint density at radius 2 is 1.55 bits per heavy atom. The molecule has 0 radical (unpaired) electrons. The molecule has 2 unspecified atom stereocenters. The van der Waals surface area contributed by atoms with Crippen molar-refractivity contribution in [2.45, 2.75) is 38.4 Å². The third-order valence-corrected chi connectivity index (χ3v) is 4.47. The summed E-state index contributed by atoms with van der Waals surface area (Å²) in [5.41, 5.74) is 0. The molecule has 20 heavy (non-hydrogen) atoms. The number of hydrogen-bond acceptors (Lipinski definition) is 6. The molecule has 0 aliphatic carbocycles. The monoisotopic (exact) mass is 326 g/mol. The summed E-state index contributed by atoms with van der Waals surface area (Å²) < 4.78 is 28.8. The molecule has 0 aromatic carbocycles. The molecule has 7 nitrogen and oxygen atoms in total. The van der Waals surface area contributed by atoms with Gasteiger partial charge in [0.05, 0.1) is 5.97 Å². The van der Waals surface area contributed by atoms with Crippen LogP contribution in [0, 0.1) is 11.8 Å². The topological polar surface area (TPSA) is 135 Å². The van der Waals surface area contributed by atoms with Gasteiger partial charge in [0.2, 0.25) is 0 Å². The molecule has 0 rings (SSSR count). The molecule has 0 saturated heterocycles. The zero-order valence-corrected chi connectivity index (χ0v) is 17.2. The largest absolute Gasteiger partial charge is 1.00 e. The number of aliphatic carboxylic acids is 2. The summed E-state index contributed by atoms with van der Waals surface area (Å²) in [6.07, 6.45) is -1.25. The molecule has 2 atom stereocenters. The zero-order valence-electron chi connectivity index (χ0n) is 12.4. The number of carbonyl (C=O) groups is 2. The van der Waals surface area contributed by atoms with Gasteiger partial charge in [-0.1, -0.05) is 20.8 Å². The van der Waals surface area contributed by atoms with Crippen LogP contribution in [0.15, 0.2) is 0 Å². The van der Waals surface area contributed by atoms with Crippen molar-refractivity contribution < 1.29 is 91.9 Å². The maximum Gasteiger partial charge on any atom is 1.00 e. The van der Waals surface area contributed by atoms with E-state index in [-0.39, 0.29) is 71.5 Å². The molecule has 0 fully saturated rings. The van der Waals surface area contributed by atoms with E-state index in [1.807, 2.05) is 0 Å². The average Bonchev–Trinajstić information content (AvgIpc) is 2.09. The SMILES string of the molecule is CC(C)CC(C)C(CC(=O)[O-])(C(=O)[O-])S(=O)(=O)O.[Na+].[Na+]. The van der Waals surface area contributed by atoms with Gasteiger partial charge in [-0.25, -0.2) is 0 Å². The Kier molecular flexibility index (Phi) is 12.6. The van der Waals surface area contributed by atoms with Gasteiger partial charge in [-0.05, 0) is 18.3 Å². The van der Waals surface area contributed by atoms with Gasteiger partial charge < -0.3 is 19.8 Å². The van der Waals surface area contributed by atoms with Gasteiger partial charge in [-0.3, -0.25) is 4.55 Å². The molecule has 0 bridgehead atoms. The van der Waals surface area contributed by atoms with Crippen molar-refractivity contribution in [3.8, 4) is 0 Å². The van der Waals surface area contributed by atoms with Crippen LogP contribution in [0.2, 0.25) is 0 Å². The third kappa shape index (κ3) is 6.31. The van der Waals surface area contributed by atoms with Crippen molar-refractivity contribution in [2.24, 2.45) is 11.8 Å². The van der Waals surface area contributed by atoms with Crippen molar-refractivity contribution in [1.82, 2.24) is 0 Å². The van der Waals surface area contributed by atoms with E-state index in [0.717, 1.165) is 0 Å². The Morgan fingerprint density at radius 1 is 1.15 bits per heavy atom. The van der Waals surface area contributed by atoms with Crippen LogP contribution in [0.4, 0.5) is 0 Å². The van der Waals surface area contributed by atoms with Crippen molar-refractivity contribution in [3.05, 3.63) is 0 Å². The summed E-state index contributed by atoms with van der Waals surface area (Å²) in [5, 5.41) is 21.7. The number of carboxylic acids is 2. The predicted molar refractivity (Wildman–Crippen MR) is 57.5 cm³/mol. The molecule has 1 N–H and O–H groups in total. The summed E-state index contributed by atoms with van der Waals surface area (Å²) in [4.78, 5) is 21.7. The fourth-order valence-electron chi connectivity index (χ4n) is 2.01. The maximum absolute atomic E-state index is 11.3. The van der Waals surface area contributed by atoms with Gasteiger partial charge in [0.25, 0.3) is 10.1 Å². The Morgan fingerprint density at radius 3 is 1.75 bits per heavy atom. The van der Waals surface area contributed by atoms with Crippen LogP contribution in [0.1, 0.15) is 33.6 Å². The molecule has 0 spiro atoms. The molecule has 0 aromatic heterocycles. The molecule has 10 heteroatoms. The van der Waals surface area contributed by atoms with E-state index in [1.165, 1.54) is 6.92 Å². The average molecular weight is 326 g/mol. The first-order valence-electron chi connectivity index (χ1n) is 5.33. The number of carbonyl (C=O) groups excluding carboxylic acids is 2. The second-order valence-corrected chi connectivity index (χ2v) is 6.41. The van der Waals surface area contributed by atoms with E-state index in [4.69, 9.17) is 4.55 Å². The number of hydrogen-bond donors (Lipinski definition) is 1. The van der Waals surface area contributed by atoms with Crippen molar-refractivity contribution >= 4 is 22.1 Å². The number of carboxylic acid groups (broad SMARTS) is 2. The van der Waals surface area contributed by atoms with E-state index in [0.29, 0.717) is 0 Å². The van der Waals surface area contributed by atoms with Crippen LogP contribution in [-0.2, 0) is 19.7 Å². The summed E-state index contributed by atoms with van der Waals surface area (Å²) in [6, 6.07) is 0. The molecular formula is C10H16Na2O7S. The zero-order chi connectivity index (χ0) is 14.7. The fraction of sp³-hybridized carbons (Fsp3) is 0.800. The standard InChI is InChI=1S/C10H18O7S.2Na/c1-6(2)4-7(3)10(9(13)14,5-8(11)12)18(15,16)17;;/h6-7H,4-5H2,1-3H3,(H,11,12)(H,13,14)(H,15,16,17);;/q;2*+1/p-2. The van der Waals surface area contributed by atoms with Crippen LogP contribution >= 0.6 is 0 Å². The molecule has 0 saturated carbocycles. The van der Waals surface area contributed by atoms with E-state index < -0.39 is 39.1 Å².